The Morgan fingerprint density at radius 2 is 1.68 bits per heavy atom. The SMILES string of the molecule is C[C@H](CCC[C@@H](C)C1CC[C@H]2C3[C@H](O)C[C@H]4CC5(CC[C@]4(C)[C@H]3CC[C@]12C)OCCO5)C(=O)O. The van der Waals surface area contributed by atoms with Crippen molar-refractivity contribution in [1.82, 2.24) is 0 Å². The first-order valence-electron chi connectivity index (χ1n) is 14.3. The molecule has 5 heteroatoms. The minimum absolute atomic E-state index is 0.199. The van der Waals surface area contributed by atoms with Crippen molar-refractivity contribution >= 4 is 5.97 Å². The van der Waals surface area contributed by atoms with E-state index < -0.39 is 5.97 Å². The minimum atomic E-state index is -0.670. The quantitative estimate of drug-likeness (QED) is 0.500. The zero-order valence-electron chi connectivity index (χ0n) is 21.9. The Bertz CT molecular complexity index is 762. The molecule has 0 aromatic heterocycles. The zero-order valence-corrected chi connectivity index (χ0v) is 21.9. The summed E-state index contributed by atoms with van der Waals surface area (Å²) in [5.74, 6) is 2.21. The van der Waals surface area contributed by atoms with E-state index in [-0.39, 0.29) is 17.8 Å². The van der Waals surface area contributed by atoms with Crippen molar-refractivity contribution in [2.45, 2.75) is 110 Å². The third-order valence-electron chi connectivity index (χ3n) is 12.0. The molecule has 1 aliphatic heterocycles. The summed E-state index contributed by atoms with van der Waals surface area (Å²) in [5, 5.41) is 20.8. The summed E-state index contributed by atoms with van der Waals surface area (Å²) in [6, 6.07) is 0. The molecule has 194 valence electrons. The summed E-state index contributed by atoms with van der Waals surface area (Å²) in [4.78, 5) is 11.2. The van der Waals surface area contributed by atoms with Gasteiger partial charge in [-0.25, -0.2) is 0 Å². The molecule has 5 rings (SSSR count). The van der Waals surface area contributed by atoms with E-state index in [1.807, 2.05) is 6.92 Å². The highest BCUT2D eigenvalue weighted by atomic mass is 16.7. The van der Waals surface area contributed by atoms with Gasteiger partial charge in [0.05, 0.1) is 25.2 Å². The van der Waals surface area contributed by atoms with Gasteiger partial charge in [-0.15, -0.1) is 0 Å². The number of rotatable bonds is 6. The Hall–Kier alpha value is -0.650. The highest BCUT2D eigenvalue weighted by Crippen LogP contribution is 2.69. The number of hydrogen-bond donors (Lipinski definition) is 2. The van der Waals surface area contributed by atoms with Crippen molar-refractivity contribution in [2.24, 2.45) is 52.3 Å². The number of aliphatic carboxylic acids is 1. The second-order valence-electron chi connectivity index (χ2n) is 13.5. The summed E-state index contributed by atoms with van der Waals surface area (Å²) in [5.41, 5.74) is 0.610. The maximum absolute atomic E-state index is 11.6. The molecule has 0 aromatic rings. The molecule has 1 saturated heterocycles. The van der Waals surface area contributed by atoms with E-state index >= 15 is 0 Å². The molecule has 0 amide bonds. The van der Waals surface area contributed by atoms with Gasteiger partial charge in [-0.2, -0.15) is 0 Å². The highest BCUT2D eigenvalue weighted by Gasteiger charge is 2.64. The molecule has 4 aliphatic carbocycles. The Balaban J connectivity index is 1.28. The first kappa shape index (κ1) is 25.0. The van der Waals surface area contributed by atoms with Crippen molar-refractivity contribution in [3.8, 4) is 0 Å². The lowest BCUT2D eigenvalue weighted by Crippen LogP contribution is -2.60. The van der Waals surface area contributed by atoms with Crippen LogP contribution in [0.1, 0.15) is 98.3 Å². The third-order valence-corrected chi connectivity index (χ3v) is 12.0. The van der Waals surface area contributed by atoms with E-state index in [2.05, 4.69) is 20.8 Å². The first-order chi connectivity index (χ1) is 16.1. The summed E-state index contributed by atoms with van der Waals surface area (Å²) in [6.45, 7) is 10.7. The van der Waals surface area contributed by atoms with Gasteiger partial charge >= 0.3 is 5.97 Å². The van der Waals surface area contributed by atoms with E-state index in [9.17, 15) is 15.0 Å². The van der Waals surface area contributed by atoms with E-state index in [1.54, 1.807) is 0 Å². The molecule has 2 unspecified atom stereocenters. The van der Waals surface area contributed by atoms with E-state index in [1.165, 1.54) is 25.7 Å². The zero-order chi connectivity index (χ0) is 24.3. The molecule has 34 heavy (non-hydrogen) atoms. The lowest BCUT2D eigenvalue weighted by molar-refractivity contribution is -0.243. The summed E-state index contributed by atoms with van der Waals surface area (Å²) in [6.07, 6.45) is 11.8. The second kappa shape index (κ2) is 9.03. The van der Waals surface area contributed by atoms with Gasteiger partial charge in [0.2, 0.25) is 0 Å². The number of carbonyl (C=O) groups is 1. The standard InChI is InChI=1S/C29H48O5/c1-18(6-5-7-19(2)26(31)32)21-8-9-22-25-23(10-11-28(21,22)4)27(3)12-13-29(33-14-15-34-29)17-20(27)16-24(25)30/h18-25,30H,5-17H2,1-4H3,(H,31,32)/t18-,19-,20+,21?,22+,23+,24-,25?,27+,28-/m1/s1. The second-order valence-corrected chi connectivity index (χ2v) is 13.5. The molecule has 1 spiro atoms. The molecule has 5 fully saturated rings. The Labute approximate surface area is 206 Å². The van der Waals surface area contributed by atoms with Gasteiger partial charge in [0.1, 0.15) is 0 Å². The van der Waals surface area contributed by atoms with Crippen LogP contribution in [0, 0.1) is 52.3 Å². The normalized spacial score (nSPS) is 47.0. The maximum Gasteiger partial charge on any atom is 0.306 e. The molecule has 10 atom stereocenters. The average molecular weight is 477 g/mol. The van der Waals surface area contributed by atoms with Gasteiger partial charge in [0.25, 0.3) is 0 Å². The molecule has 0 bridgehead atoms. The predicted molar refractivity (Wildman–Crippen MR) is 131 cm³/mol. The van der Waals surface area contributed by atoms with Gasteiger partial charge in [-0.05, 0) is 91.3 Å². The molecule has 4 saturated carbocycles. The molecule has 5 nitrogen and oxygen atoms in total. The number of ether oxygens (including phenoxy) is 2. The largest absolute Gasteiger partial charge is 0.481 e. The molecular weight excluding hydrogens is 428 g/mol. The smallest absolute Gasteiger partial charge is 0.306 e. The number of aliphatic hydroxyl groups excluding tert-OH is 1. The van der Waals surface area contributed by atoms with Crippen LogP contribution in [0.3, 0.4) is 0 Å². The molecule has 1 heterocycles. The van der Waals surface area contributed by atoms with Gasteiger partial charge in [0, 0.05) is 12.8 Å². The van der Waals surface area contributed by atoms with Gasteiger partial charge < -0.3 is 19.7 Å². The van der Waals surface area contributed by atoms with Crippen molar-refractivity contribution in [3.63, 3.8) is 0 Å². The van der Waals surface area contributed by atoms with Crippen LogP contribution in [0.4, 0.5) is 0 Å². The molecule has 0 aromatic carbocycles. The van der Waals surface area contributed by atoms with Crippen LogP contribution in [0.5, 0.6) is 0 Å². The number of fused-ring (bicyclic) bond motifs is 5. The number of hydrogen-bond acceptors (Lipinski definition) is 4. The fraction of sp³-hybridized carbons (Fsp3) is 0.966. The monoisotopic (exact) mass is 476 g/mol. The van der Waals surface area contributed by atoms with Crippen molar-refractivity contribution in [3.05, 3.63) is 0 Å². The van der Waals surface area contributed by atoms with Crippen molar-refractivity contribution < 1.29 is 24.5 Å². The van der Waals surface area contributed by atoms with Crippen LogP contribution in [0.2, 0.25) is 0 Å². The maximum atomic E-state index is 11.6. The number of carboxylic acids is 1. The fourth-order valence-corrected chi connectivity index (χ4v) is 9.97. The van der Waals surface area contributed by atoms with E-state index in [4.69, 9.17) is 9.47 Å². The third kappa shape index (κ3) is 3.96. The van der Waals surface area contributed by atoms with Crippen molar-refractivity contribution in [2.75, 3.05) is 13.2 Å². The first-order valence-corrected chi connectivity index (χ1v) is 14.3. The minimum Gasteiger partial charge on any atom is -0.481 e. The molecule has 0 radical (unpaired) electrons. The van der Waals surface area contributed by atoms with Gasteiger partial charge in [0.15, 0.2) is 5.79 Å². The lowest BCUT2D eigenvalue weighted by atomic mass is 9.43. The average Bonchev–Trinajstić information content (AvgIpc) is 3.39. The summed E-state index contributed by atoms with van der Waals surface area (Å²) >= 11 is 0. The van der Waals surface area contributed by atoms with Crippen LogP contribution in [0.15, 0.2) is 0 Å². The van der Waals surface area contributed by atoms with E-state index in [0.29, 0.717) is 59.6 Å². The summed E-state index contributed by atoms with van der Waals surface area (Å²) in [7, 11) is 0. The molecular formula is C29H48O5. The number of aliphatic hydroxyl groups is 1. The van der Waals surface area contributed by atoms with Crippen LogP contribution in [-0.2, 0) is 14.3 Å². The van der Waals surface area contributed by atoms with Crippen LogP contribution in [0.25, 0.3) is 0 Å². The Morgan fingerprint density at radius 3 is 2.38 bits per heavy atom. The molecule has 5 aliphatic rings. The van der Waals surface area contributed by atoms with Gasteiger partial charge in [-0.3, -0.25) is 4.79 Å². The van der Waals surface area contributed by atoms with Crippen LogP contribution >= 0.6 is 0 Å². The summed E-state index contributed by atoms with van der Waals surface area (Å²) < 4.78 is 12.2. The lowest BCUT2D eigenvalue weighted by Gasteiger charge is -2.63. The van der Waals surface area contributed by atoms with Crippen LogP contribution in [-0.4, -0.2) is 41.3 Å². The van der Waals surface area contributed by atoms with E-state index in [0.717, 1.165) is 44.9 Å². The predicted octanol–water partition coefficient (Wildman–Crippen LogP) is 5.89. The Kier molecular flexibility index (Phi) is 6.64. The number of carboxylic acid groups (broad SMARTS) is 1. The highest BCUT2D eigenvalue weighted by molar-refractivity contribution is 5.69. The van der Waals surface area contributed by atoms with Crippen LogP contribution < -0.4 is 0 Å². The molecule has 2 N–H and O–H groups in total. The fourth-order valence-electron chi connectivity index (χ4n) is 9.97. The van der Waals surface area contributed by atoms with Gasteiger partial charge in [-0.1, -0.05) is 40.5 Å². The van der Waals surface area contributed by atoms with Crippen molar-refractivity contribution in [1.29, 1.82) is 0 Å². The topological polar surface area (TPSA) is 76.0 Å². The Morgan fingerprint density at radius 1 is 0.971 bits per heavy atom.